The van der Waals surface area contributed by atoms with Crippen LogP contribution in [0.2, 0.25) is 0 Å². The molecule has 1 aliphatic rings. The van der Waals surface area contributed by atoms with Crippen LogP contribution in [0, 0.1) is 9.49 Å². The molecule has 1 atom stereocenters. The molecule has 3 rings (SSSR count). The highest BCUT2D eigenvalue weighted by Gasteiger charge is 2.31. The Morgan fingerprint density at radius 2 is 1.85 bits per heavy atom. The number of likely N-dealkylation sites (N-methyl/N-ethyl adjacent to an activating group) is 1. The lowest BCUT2D eigenvalue weighted by Gasteiger charge is -2.29. The van der Waals surface area contributed by atoms with Crippen molar-refractivity contribution in [1.82, 2.24) is 16.0 Å². The number of carbonyl (C=O) groups is 2. The number of amides is 2. The minimum absolute atomic E-state index is 0.116. The van der Waals surface area contributed by atoms with Crippen molar-refractivity contribution in [2.24, 2.45) is 5.92 Å². The summed E-state index contributed by atoms with van der Waals surface area (Å²) in [4.78, 5) is 24.9. The molecule has 0 bridgehead atoms. The van der Waals surface area contributed by atoms with Gasteiger partial charge in [-0.1, -0.05) is 12.1 Å². The molecule has 0 radical (unpaired) electrons. The van der Waals surface area contributed by atoms with Gasteiger partial charge in [0, 0.05) is 16.2 Å². The van der Waals surface area contributed by atoms with E-state index in [1.165, 1.54) is 0 Å². The Labute approximate surface area is 166 Å². The number of hydrogen-bond acceptors (Lipinski definition) is 4. The summed E-state index contributed by atoms with van der Waals surface area (Å²) in [6, 6.07) is 10.7. The van der Waals surface area contributed by atoms with Gasteiger partial charge in [0.15, 0.2) is 5.76 Å². The van der Waals surface area contributed by atoms with Crippen molar-refractivity contribution in [3.05, 3.63) is 45.7 Å². The van der Waals surface area contributed by atoms with Gasteiger partial charge in [-0.05, 0) is 78.7 Å². The van der Waals surface area contributed by atoms with Crippen LogP contribution in [0.4, 0.5) is 0 Å². The first-order chi connectivity index (χ1) is 12.6. The Morgan fingerprint density at radius 3 is 2.50 bits per heavy atom. The molecule has 1 aromatic heterocycles. The summed E-state index contributed by atoms with van der Waals surface area (Å²) in [6.07, 6.45) is 1.70. The van der Waals surface area contributed by atoms with E-state index in [2.05, 4.69) is 38.5 Å². The third-order valence-electron chi connectivity index (χ3n) is 4.63. The molecule has 2 heterocycles. The fraction of sp³-hybridized carbons (Fsp3) is 0.368. The number of nitrogens with one attached hydrogen (secondary N) is 3. The number of rotatable bonds is 5. The Morgan fingerprint density at radius 1 is 1.15 bits per heavy atom. The third kappa shape index (κ3) is 4.45. The van der Waals surface area contributed by atoms with Crippen LogP contribution in [0.5, 0.6) is 0 Å². The summed E-state index contributed by atoms with van der Waals surface area (Å²) in [5.74, 6) is 0.417. The SMILES string of the molecule is CNC(=O)[C@@H](NC(=O)c1ccc(-c2ccc(I)cc2)o1)C1CCNCC1. The van der Waals surface area contributed by atoms with E-state index >= 15 is 0 Å². The van der Waals surface area contributed by atoms with Crippen molar-refractivity contribution >= 4 is 34.4 Å². The van der Waals surface area contributed by atoms with Crippen molar-refractivity contribution < 1.29 is 14.0 Å². The average molecular weight is 467 g/mol. The summed E-state index contributed by atoms with van der Waals surface area (Å²) in [5.41, 5.74) is 0.908. The maximum absolute atomic E-state index is 12.6. The number of furan rings is 1. The number of hydrogen-bond donors (Lipinski definition) is 3. The first-order valence-corrected chi connectivity index (χ1v) is 9.75. The molecular weight excluding hydrogens is 445 g/mol. The first kappa shape index (κ1) is 18.9. The predicted octanol–water partition coefficient (Wildman–Crippen LogP) is 2.40. The van der Waals surface area contributed by atoms with Crippen molar-refractivity contribution in [2.75, 3.05) is 20.1 Å². The van der Waals surface area contributed by atoms with E-state index in [-0.39, 0.29) is 23.5 Å². The topological polar surface area (TPSA) is 83.4 Å². The van der Waals surface area contributed by atoms with Crippen LogP contribution >= 0.6 is 22.6 Å². The number of piperidine rings is 1. The van der Waals surface area contributed by atoms with Crippen LogP contribution in [-0.4, -0.2) is 38.0 Å². The second-order valence-corrected chi connectivity index (χ2v) is 7.57. The Balaban J connectivity index is 1.73. The summed E-state index contributed by atoms with van der Waals surface area (Å²) in [5, 5.41) is 8.78. The maximum atomic E-state index is 12.6. The highest BCUT2D eigenvalue weighted by atomic mass is 127. The minimum atomic E-state index is -0.554. The molecule has 2 amide bonds. The second kappa shape index (κ2) is 8.68. The molecule has 0 saturated carbocycles. The van der Waals surface area contributed by atoms with Gasteiger partial charge in [0.05, 0.1) is 0 Å². The fourth-order valence-electron chi connectivity index (χ4n) is 3.17. The lowest BCUT2D eigenvalue weighted by Crippen LogP contribution is -2.52. The second-order valence-electron chi connectivity index (χ2n) is 6.32. The van der Waals surface area contributed by atoms with Crippen molar-refractivity contribution in [2.45, 2.75) is 18.9 Å². The molecule has 26 heavy (non-hydrogen) atoms. The molecule has 0 spiro atoms. The van der Waals surface area contributed by atoms with Gasteiger partial charge in [-0.2, -0.15) is 0 Å². The molecular formula is C19H22IN3O3. The van der Waals surface area contributed by atoms with Gasteiger partial charge in [0.25, 0.3) is 5.91 Å². The van der Waals surface area contributed by atoms with Gasteiger partial charge < -0.3 is 20.4 Å². The Kier molecular flexibility index (Phi) is 6.31. The number of benzene rings is 1. The quantitative estimate of drug-likeness (QED) is 0.590. The zero-order chi connectivity index (χ0) is 18.5. The first-order valence-electron chi connectivity index (χ1n) is 8.67. The molecule has 0 aliphatic carbocycles. The summed E-state index contributed by atoms with van der Waals surface area (Å²) < 4.78 is 6.85. The van der Waals surface area contributed by atoms with Crippen LogP contribution in [0.15, 0.2) is 40.8 Å². The molecule has 6 nitrogen and oxygen atoms in total. The largest absolute Gasteiger partial charge is 0.451 e. The number of carbonyl (C=O) groups excluding carboxylic acids is 2. The van der Waals surface area contributed by atoms with Gasteiger partial charge in [0.1, 0.15) is 11.8 Å². The third-order valence-corrected chi connectivity index (χ3v) is 5.35. The summed E-state index contributed by atoms with van der Waals surface area (Å²) in [7, 11) is 1.59. The normalized spacial score (nSPS) is 16.1. The highest BCUT2D eigenvalue weighted by Crippen LogP contribution is 2.24. The van der Waals surface area contributed by atoms with E-state index in [0.29, 0.717) is 5.76 Å². The van der Waals surface area contributed by atoms with E-state index in [9.17, 15) is 9.59 Å². The van der Waals surface area contributed by atoms with Crippen molar-refractivity contribution in [1.29, 1.82) is 0 Å². The lowest BCUT2D eigenvalue weighted by molar-refractivity contribution is -0.124. The average Bonchev–Trinajstić information content (AvgIpc) is 3.17. The van der Waals surface area contributed by atoms with Gasteiger partial charge in [-0.15, -0.1) is 0 Å². The van der Waals surface area contributed by atoms with Gasteiger partial charge in [0.2, 0.25) is 5.91 Å². The minimum Gasteiger partial charge on any atom is -0.451 e. The fourth-order valence-corrected chi connectivity index (χ4v) is 3.53. The Bertz CT molecular complexity index is 767. The molecule has 7 heteroatoms. The van der Waals surface area contributed by atoms with Crippen LogP contribution < -0.4 is 16.0 Å². The molecule has 1 saturated heterocycles. The van der Waals surface area contributed by atoms with Crippen molar-refractivity contribution in [3.63, 3.8) is 0 Å². The van der Waals surface area contributed by atoms with Gasteiger partial charge >= 0.3 is 0 Å². The lowest BCUT2D eigenvalue weighted by atomic mass is 9.89. The molecule has 0 unspecified atom stereocenters. The van der Waals surface area contributed by atoms with Crippen molar-refractivity contribution in [3.8, 4) is 11.3 Å². The molecule has 1 aliphatic heterocycles. The smallest absolute Gasteiger partial charge is 0.287 e. The number of halogens is 1. The summed E-state index contributed by atoms with van der Waals surface area (Å²) in [6.45, 7) is 1.71. The van der Waals surface area contributed by atoms with E-state index in [4.69, 9.17) is 4.42 Å². The van der Waals surface area contributed by atoms with E-state index in [0.717, 1.165) is 35.1 Å². The van der Waals surface area contributed by atoms with E-state index in [1.807, 2.05) is 24.3 Å². The Hall–Kier alpha value is -1.87. The standard InChI is InChI=1S/C19H22IN3O3/c1-21-19(25)17(13-8-10-22-11-9-13)23-18(24)16-7-6-15(26-16)12-2-4-14(20)5-3-12/h2-7,13,17,22H,8-11H2,1H3,(H,21,25)(H,23,24)/t17-/m0/s1. The monoisotopic (exact) mass is 467 g/mol. The van der Waals surface area contributed by atoms with Gasteiger partial charge in [-0.3, -0.25) is 9.59 Å². The highest BCUT2D eigenvalue weighted by molar-refractivity contribution is 14.1. The molecule has 1 aromatic carbocycles. The van der Waals surface area contributed by atoms with Crippen LogP contribution in [0.3, 0.4) is 0 Å². The molecule has 138 valence electrons. The van der Waals surface area contributed by atoms with E-state index < -0.39 is 6.04 Å². The molecule has 2 aromatic rings. The zero-order valence-electron chi connectivity index (χ0n) is 14.5. The summed E-state index contributed by atoms with van der Waals surface area (Å²) >= 11 is 2.24. The van der Waals surface area contributed by atoms with E-state index in [1.54, 1.807) is 19.2 Å². The van der Waals surface area contributed by atoms with Crippen LogP contribution in [0.25, 0.3) is 11.3 Å². The van der Waals surface area contributed by atoms with Crippen LogP contribution in [0.1, 0.15) is 23.4 Å². The zero-order valence-corrected chi connectivity index (χ0v) is 16.7. The van der Waals surface area contributed by atoms with Gasteiger partial charge in [-0.25, -0.2) is 0 Å². The molecule has 1 fully saturated rings. The van der Waals surface area contributed by atoms with Crippen LogP contribution in [-0.2, 0) is 4.79 Å². The molecule has 3 N–H and O–H groups in total. The maximum Gasteiger partial charge on any atom is 0.287 e. The predicted molar refractivity (Wildman–Crippen MR) is 108 cm³/mol.